The molecule has 0 bridgehead atoms. The van der Waals surface area contributed by atoms with Crippen LogP contribution in [0.4, 0.5) is 5.82 Å². The smallest absolute Gasteiger partial charge is 0.241 e. The van der Waals surface area contributed by atoms with Crippen molar-refractivity contribution in [2.45, 2.75) is 26.2 Å². The monoisotopic (exact) mass is 395 g/mol. The topological polar surface area (TPSA) is 62.2 Å². The van der Waals surface area contributed by atoms with Gasteiger partial charge in [-0.25, -0.2) is 9.97 Å². The molecule has 7 heteroatoms. The third-order valence-corrected chi connectivity index (χ3v) is 6.44. The predicted octanol–water partition coefficient (Wildman–Crippen LogP) is 3.40. The van der Waals surface area contributed by atoms with Crippen LogP contribution >= 0.6 is 11.3 Å². The maximum atomic E-state index is 12.3. The van der Waals surface area contributed by atoms with Gasteiger partial charge in [0.1, 0.15) is 10.6 Å². The Kier molecular flexibility index (Phi) is 5.02. The molecule has 0 unspecified atom stereocenters. The summed E-state index contributed by atoms with van der Waals surface area (Å²) >= 11 is 1.78. The minimum absolute atomic E-state index is 0.0508. The van der Waals surface area contributed by atoms with Crippen molar-refractivity contribution in [3.05, 3.63) is 35.0 Å². The molecule has 0 saturated heterocycles. The van der Waals surface area contributed by atoms with E-state index in [0.29, 0.717) is 11.7 Å². The molecule has 0 radical (unpaired) electrons. The Morgan fingerprint density at radius 2 is 2.11 bits per heavy atom. The molecule has 3 aromatic heterocycles. The Balaban J connectivity index is 1.87. The highest BCUT2D eigenvalue weighted by Gasteiger charge is 2.26. The summed E-state index contributed by atoms with van der Waals surface area (Å²) in [6.07, 6.45) is 6.86. The van der Waals surface area contributed by atoms with Crippen LogP contribution in [0.15, 0.2) is 24.5 Å². The van der Waals surface area contributed by atoms with E-state index in [1.807, 2.05) is 24.1 Å². The number of rotatable bonds is 4. The van der Waals surface area contributed by atoms with Crippen molar-refractivity contribution < 1.29 is 4.79 Å². The fraction of sp³-hybridized carbons (Fsp3) is 0.429. The van der Waals surface area contributed by atoms with Gasteiger partial charge in [0.05, 0.1) is 11.9 Å². The summed E-state index contributed by atoms with van der Waals surface area (Å²) in [5.41, 5.74) is 2.26. The summed E-state index contributed by atoms with van der Waals surface area (Å²) in [5, 5.41) is 1.12. The minimum atomic E-state index is 0.0508. The van der Waals surface area contributed by atoms with Gasteiger partial charge in [0.25, 0.3) is 0 Å². The van der Waals surface area contributed by atoms with Crippen LogP contribution in [0.2, 0.25) is 0 Å². The van der Waals surface area contributed by atoms with Crippen LogP contribution in [-0.4, -0.2) is 53.4 Å². The van der Waals surface area contributed by atoms with E-state index >= 15 is 0 Å². The third kappa shape index (κ3) is 3.46. The number of aryl methyl sites for hydroxylation is 1. The minimum Gasteiger partial charge on any atom is -0.350 e. The van der Waals surface area contributed by atoms with Crippen molar-refractivity contribution in [1.82, 2.24) is 19.9 Å². The molecule has 6 nitrogen and oxygen atoms in total. The number of thiophene rings is 1. The highest BCUT2D eigenvalue weighted by molar-refractivity contribution is 7.19. The summed E-state index contributed by atoms with van der Waals surface area (Å²) in [7, 11) is 5.49. The molecular formula is C21H25N5OS. The average Bonchev–Trinajstić information content (AvgIpc) is 3.04. The predicted molar refractivity (Wildman–Crippen MR) is 114 cm³/mol. The van der Waals surface area contributed by atoms with Gasteiger partial charge in [-0.05, 0) is 42.9 Å². The number of hydrogen-bond acceptors (Lipinski definition) is 6. The highest BCUT2D eigenvalue weighted by Crippen LogP contribution is 2.41. The first kappa shape index (κ1) is 18.8. The summed E-state index contributed by atoms with van der Waals surface area (Å²) < 4.78 is 0. The van der Waals surface area contributed by atoms with E-state index in [-0.39, 0.29) is 12.5 Å². The van der Waals surface area contributed by atoms with Gasteiger partial charge in [-0.15, -0.1) is 11.3 Å². The number of carbonyl (C=O) groups excluding carboxylic acids is 1. The number of fused-ring (bicyclic) bond motifs is 3. The molecule has 0 N–H and O–H groups in total. The zero-order chi connectivity index (χ0) is 19.8. The van der Waals surface area contributed by atoms with Gasteiger partial charge in [-0.3, -0.25) is 9.78 Å². The van der Waals surface area contributed by atoms with E-state index in [1.165, 1.54) is 16.9 Å². The molecule has 0 aromatic carbocycles. The Labute approximate surface area is 169 Å². The molecule has 3 aromatic rings. The highest BCUT2D eigenvalue weighted by atomic mass is 32.1. The Morgan fingerprint density at radius 3 is 2.82 bits per heavy atom. The molecule has 1 aliphatic rings. The van der Waals surface area contributed by atoms with Crippen molar-refractivity contribution >= 4 is 33.3 Å². The lowest BCUT2D eigenvalue weighted by Gasteiger charge is -2.23. The van der Waals surface area contributed by atoms with E-state index in [2.05, 4.69) is 11.9 Å². The van der Waals surface area contributed by atoms with E-state index in [1.54, 1.807) is 42.7 Å². The molecule has 0 fully saturated rings. The van der Waals surface area contributed by atoms with Crippen LogP contribution in [-0.2, 0) is 17.6 Å². The molecule has 28 heavy (non-hydrogen) atoms. The van der Waals surface area contributed by atoms with Gasteiger partial charge in [0.2, 0.25) is 5.91 Å². The Hall–Kier alpha value is -2.54. The normalized spacial score (nSPS) is 16.1. The van der Waals surface area contributed by atoms with E-state index in [0.717, 1.165) is 34.4 Å². The lowest BCUT2D eigenvalue weighted by molar-refractivity contribution is -0.127. The van der Waals surface area contributed by atoms with Crippen LogP contribution in [0, 0.1) is 5.92 Å². The quantitative estimate of drug-likeness (QED) is 0.677. The van der Waals surface area contributed by atoms with Gasteiger partial charge in [0.15, 0.2) is 5.82 Å². The van der Waals surface area contributed by atoms with Gasteiger partial charge >= 0.3 is 0 Å². The number of amides is 1. The van der Waals surface area contributed by atoms with Crippen molar-refractivity contribution in [3.63, 3.8) is 0 Å². The first-order chi connectivity index (χ1) is 13.4. The number of carbonyl (C=O) groups is 1. The second kappa shape index (κ2) is 7.47. The molecule has 0 spiro atoms. The zero-order valence-corrected chi connectivity index (χ0v) is 17.6. The SMILES string of the molecule is C[C@@H]1CCc2c(sc3nc(-c4cccnc4)nc(N(C)CC(=O)N(C)C)c23)C1. The van der Waals surface area contributed by atoms with Gasteiger partial charge in [-0.2, -0.15) is 0 Å². The largest absolute Gasteiger partial charge is 0.350 e. The van der Waals surface area contributed by atoms with Crippen LogP contribution < -0.4 is 4.90 Å². The molecule has 146 valence electrons. The van der Waals surface area contributed by atoms with Gasteiger partial charge in [0, 0.05) is 44.0 Å². The molecular weight excluding hydrogens is 370 g/mol. The number of aromatic nitrogens is 3. The summed E-state index contributed by atoms with van der Waals surface area (Å²) in [5.74, 6) is 2.25. The fourth-order valence-corrected chi connectivity index (χ4v) is 5.02. The standard InChI is InChI=1S/C21H25N5OS/c1-13-7-8-15-16(10-13)28-21-18(15)20(26(4)12-17(27)25(2)3)23-19(24-21)14-6-5-9-22-11-14/h5-6,9,11,13H,7-8,10,12H2,1-4H3/t13-/m1/s1. The van der Waals surface area contributed by atoms with Crippen LogP contribution in [0.3, 0.4) is 0 Å². The summed E-state index contributed by atoms with van der Waals surface area (Å²) in [6, 6.07) is 3.86. The summed E-state index contributed by atoms with van der Waals surface area (Å²) in [6.45, 7) is 2.59. The molecule has 1 amide bonds. The van der Waals surface area contributed by atoms with Crippen molar-refractivity contribution in [1.29, 1.82) is 0 Å². The van der Waals surface area contributed by atoms with Gasteiger partial charge in [-0.1, -0.05) is 6.92 Å². The third-order valence-electron chi connectivity index (χ3n) is 5.29. The lowest BCUT2D eigenvalue weighted by atomic mass is 9.89. The maximum Gasteiger partial charge on any atom is 0.241 e. The van der Waals surface area contributed by atoms with E-state index < -0.39 is 0 Å². The van der Waals surface area contributed by atoms with Crippen molar-refractivity contribution in [2.24, 2.45) is 5.92 Å². The number of pyridine rings is 1. The van der Waals surface area contributed by atoms with E-state index in [4.69, 9.17) is 9.97 Å². The molecule has 3 heterocycles. The second-order valence-electron chi connectivity index (χ2n) is 7.79. The number of anilines is 1. The van der Waals surface area contributed by atoms with E-state index in [9.17, 15) is 4.79 Å². The first-order valence-corrected chi connectivity index (χ1v) is 10.4. The maximum absolute atomic E-state index is 12.3. The van der Waals surface area contributed by atoms with Crippen LogP contribution in [0.1, 0.15) is 23.8 Å². The number of hydrogen-bond donors (Lipinski definition) is 0. The fourth-order valence-electron chi connectivity index (χ4n) is 3.64. The second-order valence-corrected chi connectivity index (χ2v) is 8.87. The lowest BCUT2D eigenvalue weighted by Crippen LogP contribution is -2.35. The van der Waals surface area contributed by atoms with Gasteiger partial charge < -0.3 is 9.80 Å². The van der Waals surface area contributed by atoms with Crippen LogP contribution in [0.25, 0.3) is 21.6 Å². The van der Waals surface area contributed by atoms with Crippen LogP contribution in [0.5, 0.6) is 0 Å². The molecule has 1 atom stereocenters. The van der Waals surface area contributed by atoms with Crippen molar-refractivity contribution in [3.8, 4) is 11.4 Å². The zero-order valence-electron chi connectivity index (χ0n) is 16.8. The molecule has 1 aliphatic carbocycles. The molecule has 0 saturated carbocycles. The summed E-state index contributed by atoms with van der Waals surface area (Å²) in [4.78, 5) is 32.3. The number of likely N-dealkylation sites (N-methyl/N-ethyl adjacent to an activating group) is 2. The average molecular weight is 396 g/mol. The Morgan fingerprint density at radius 1 is 1.29 bits per heavy atom. The first-order valence-electron chi connectivity index (χ1n) is 9.58. The molecule has 4 rings (SSSR count). The number of nitrogens with zero attached hydrogens (tertiary/aromatic N) is 5. The van der Waals surface area contributed by atoms with Crippen molar-refractivity contribution in [2.75, 3.05) is 32.6 Å². The molecule has 0 aliphatic heterocycles. The Bertz CT molecular complexity index is 1010.